The van der Waals surface area contributed by atoms with E-state index in [1.807, 2.05) is 30.3 Å². The van der Waals surface area contributed by atoms with E-state index in [1.165, 1.54) is 0 Å². The fourth-order valence-electron chi connectivity index (χ4n) is 1.90. The Morgan fingerprint density at radius 3 is 2.67 bits per heavy atom. The van der Waals surface area contributed by atoms with Gasteiger partial charge in [-0.15, -0.1) is 0 Å². The van der Waals surface area contributed by atoms with Gasteiger partial charge in [-0.3, -0.25) is 0 Å². The first kappa shape index (κ1) is 16.6. The van der Waals surface area contributed by atoms with E-state index in [2.05, 4.69) is 28.2 Å². The van der Waals surface area contributed by atoms with Crippen LogP contribution >= 0.6 is 39.1 Å². The molecular formula is C16H16BrCl2NO. The summed E-state index contributed by atoms with van der Waals surface area (Å²) in [5.41, 5.74) is 2.02. The highest BCUT2D eigenvalue weighted by Crippen LogP contribution is 2.31. The van der Waals surface area contributed by atoms with Gasteiger partial charge in [-0.2, -0.15) is 0 Å². The molecule has 112 valence electrons. The molecule has 1 N–H and O–H groups in total. The number of hydrogen-bond donors (Lipinski definition) is 1. The molecule has 5 heteroatoms. The Balaban J connectivity index is 2.15. The molecule has 0 aliphatic heterocycles. The average molecular weight is 389 g/mol. The molecule has 0 spiro atoms. The molecule has 0 aromatic heterocycles. The van der Waals surface area contributed by atoms with Gasteiger partial charge in [-0.25, -0.2) is 0 Å². The van der Waals surface area contributed by atoms with Crippen LogP contribution in [0.4, 0.5) is 0 Å². The van der Waals surface area contributed by atoms with Crippen molar-refractivity contribution in [2.45, 2.75) is 20.1 Å². The molecule has 21 heavy (non-hydrogen) atoms. The van der Waals surface area contributed by atoms with Gasteiger partial charge in [0.25, 0.3) is 0 Å². The van der Waals surface area contributed by atoms with Crippen LogP contribution in [0.25, 0.3) is 0 Å². The third-order valence-electron chi connectivity index (χ3n) is 3.00. The van der Waals surface area contributed by atoms with Gasteiger partial charge in [0.15, 0.2) is 0 Å². The average Bonchev–Trinajstić information content (AvgIpc) is 2.45. The monoisotopic (exact) mass is 387 g/mol. The van der Waals surface area contributed by atoms with Crippen LogP contribution in [-0.2, 0) is 13.2 Å². The molecule has 0 bridgehead atoms. The number of ether oxygens (including phenoxy) is 1. The summed E-state index contributed by atoms with van der Waals surface area (Å²) >= 11 is 15.6. The number of benzene rings is 2. The van der Waals surface area contributed by atoms with Crippen LogP contribution < -0.4 is 10.1 Å². The summed E-state index contributed by atoms with van der Waals surface area (Å²) in [6, 6.07) is 11.4. The minimum Gasteiger partial charge on any atom is -0.487 e. The Morgan fingerprint density at radius 2 is 1.95 bits per heavy atom. The molecule has 0 amide bonds. The summed E-state index contributed by atoms with van der Waals surface area (Å²) in [5, 5.41) is 4.54. The van der Waals surface area contributed by atoms with Crippen LogP contribution in [-0.4, -0.2) is 6.54 Å². The second-order valence-electron chi connectivity index (χ2n) is 4.53. The van der Waals surface area contributed by atoms with E-state index in [0.717, 1.165) is 34.4 Å². The highest BCUT2D eigenvalue weighted by molar-refractivity contribution is 9.10. The Hall–Kier alpha value is -0.740. The summed E-state index contributed by atoms with van der Waals surface area (Å²) in [6.07, 6.45) is 0. The lowest BCUT2D eigenvalue weighted by atomic mass is 10.2. The molecule has 2 rings (SSSR count). The van der Waals surface area contributed by atoms with Crippen molar-refractivity contribution >= 4 is 39.1 Å². The van der Waals surface area contributed by atoms with Crippen molar-refractivity contribution < 1.29 is 4.74 Å². The van der Waals surface area contributed by atoms with Crippen molar-refractivity contribution in [1.82, 2.24) is 5.32 Å². The molecule has 0 atom stereocenters. The van der Waals surface area contributed by atoms with Crippen molar-refractivity contribution in [2.75, 3.05) is 6.54 Å². The van der Waals surface area contributed by atoms with Crippen molar-refractivity contribution in [3.63, 3.8) is 0 Å². The first-order valence-electron chi connectivity index (χ1n) is 6.66. The predicted molar refractivity (Wildman–Crippen MR) is 92.3 cm³/mol. The summed E-state index contributed by atoms with van der Waals surface area (Å²) in [6.45, 7) is 4.15. The fraction of sp³-hybridized carbons (Fsp3) is 0.250. The highest BCUT2D eigenvalue weighted by Gasteiger charge is 2.09. The number of nitrogens with one attached hydrogen (secondary N) is 1. The fourth-order valence-corrected chi connectivity index (χ4v) is 2.89. The molecule has 0 unspecified atom stereocenters. The van der Waals surface area contributed by atoms with Gasteiger partial charge in [0.1, 0.15) is 12.4 Å². The van der Waals surface area contributed by atoms with Gasteiger partial charge in [-0.05, 0) is 40.7 Å². The van der Waals surface area contributed by atoms with Crippen molar-refractivity contribution in [1.29, 1.82) is 0 Å². The van der Waals surface area contributed by atoms with Crippen LogP contribution in [0.2, 0.25) is 10.0 Å². The number of halogens is 3. The van der Waals surface area contributed by atoms with E-state index in [-0.39, 0.29) is 0 Å². The summed E-state index contributed by atoms with van der Waals surface area (Å²) in [4.78, 5) is 0. The quantitative estimate of drug-likeness (QED) is 0.710. The maximum absolute atomic E-state index is 6.17. The Labute approximate surface area is 143 Å². The number of hydrogen-bond acceptors (Lipinski definition) is 2. The van der Waals surface area contributed by atoms with Gasteiger partial charge in [0.05, 0.1) is 4.47 Å². The standard InChI is InChI=1S/C16H16BrCl2NO/c1-2-20-9-11-4-3-5-14(17)16(11)21-10-12-6-7-13(18)8-15(12)19/h3-8,20H,2,9-10H2,1H3. The third kappa shape index (κ3) is 4.62. The van der Waals surface area contributed by atoms with Crippen LogP contribution in [0.1, 0.15) is 18.1 Å². The minimum atomic E-state index is 0.401. The molecule has 0 radical (unpaired) electrons. The molecule has 2 aromatic carbocycles. The molecule has 0 fully saturated rings. The normalized spacial score (nSPS) is 10.7. The summed E-state index contributed by atoms with van der Waals surface area (Å²) in [7, 11) is 0. The predicted octanol–water partition coefficient (Wildman–Crippen LogP) is 5.44. The smallest absolute Gasteiger partial charge is 0.138 e. The number of rotatable bonds is 6. The second-order valence-corrected chi connectivity index (χ2v) is 6.23. The molecule has 2 aromatic rings. The van der Waals surface area contributed by atoms with Crippen molar-refractivity contribution in [3.05, 3.63) is 62.0 Å². The van der Waals surface area contributed by atoms with Gasteiger partial charge < -0.3 is 10.1 Å². The van der Waals surface area contributed by atoms with Crippen LogP contribution in [0.15, 0.2) is 40.9 Å². The van der Waals surface area contributed by atoms with E-state index in [1.54, 1.807) is 6.07 Å². The van der Waals surface area contributed by atoms with Gasteiger partial charge in [-0.1, -0.05) is 48.3 Å². The highest BCUT2D eigenvalue weighted by atomic mass is 79.9. The summed E-state index contributed by atoms with van der Waals surface area (Å²) in [5.74, 6) is 0.837. The van der Waals surface area contributed by atoms with E-state index < -0.39 is 0 Å². The molecular weight excluding hydrogens is 373 g/mol. The Bertz CT molecular complexity index is 619. The lowest BCUT2D eigenvalue weighted by molar-refractivity contribution is 0.300. The zero-order valence-electron chi connectivity index (χ0n) is 11.6. The molecule has 0 heterocycles. The summed E-state index contributed by atoms with van der Waals surface area (Å²) < 4.78 is 6.89. The molecule has 2 nitrogen and oxygen atoms in total. The Morgan fingerprint density at radius 1 is 1.14 bits per heavy atom. The number of para-hydroxylation sites is 1. The SMILES string of the molecule is CCNCc1cccc(Br)c1OCc1ccc(Cl)cc1Cl. The van der Waals surface area contributed by atoms with Gasteiger partial charge >= 0.3 is 0 Å². The maximum atomic E-state index is 6.17. The molecule has 0 saturated heterocycles. The zero-order valence-corrected chi connectivity index (χ0v) is 14.7. The Kier molecular flexibility index (Phi) is 6.37. The first-order chi connectivity index (χ1) is 10.1. The second kappa shape index (κ2) is 8.04. The lowest BCUT2D eigenvalue weighted by Crippen LogP contribution is -2.13. The van der Waals surface area contributed by atoms with E-state index in [9.17, 15) is 0 Å². The van der Waals surface area contributed by atoms with Crippen LogP contribution in [0.5, 0.6) is 5.75 Å². The van der Waals surface area contributed by atoms with E-state index >= 15 is 0 Å². The van der Waals surface area contributed by atoms with Gasteiger partial charge in [0, 0.05) is 27.7 Å². The van der Waals surface area contributed by atoms with E-state index in [0.29, 0.717) is 16.7 Å². The van der Waals surface area contributed by atoms with Gasteiger partial charge in [0.2, 0.25) is 0 Å². The first-order valence-corrected chi connectivity index (χ1v) is 8.21. The van der Waals surface area contributed by atoms with Crippen molar-refractivity contribution in [3.8, 4) is 5.75 Å². The van der Waals surface area contributed by atoms with Crippen LogP contribution in [0, 0.1) is 0 Å². The van der Waals surface area contributed by atoms with E-state index in [4.69, 9.17) is 27.9 Å². The minimum absolute atomic E-state index is 0.401. The van der Waals surface area contributed by atoms with Crippen LogP contribution in [0.3, 0.4) is 0 Å². The third-order valence-corrected chi connectivity index (χ3v) is 4.21. The van der Waals surface area contributed by atoms with Crippen molar-refractivity contribution in [2.24, 2.45) is 0 Å². The molecule has 0 aliphatic carbocycles. The largest absolute Gasteiger partial charge is 0.487 e. The topological polar surface area (TPSA) is 21.3 Å². The lowest BCUT2D eigenvalue weighted by Gasteiger charge is -2.14. The zero-order chi connectivity index (χ0) is 15.2. The molecule has 0 saturated carbocycles. The maximum Gasteiger partial charge on any atom is 0.138 e. The molecule has 0 aliphatic rings.